The Balaban J connectivity index is 1.36. The van der Waals surface area contributed by atoms with Crippen LogP contribution in [0.1, 0.15) is 56.8 Å². The van der Waals surface area contributed by atoms with Crippen LogP contribution in [0.15, 0.2) is 18.3 Å². The molecule has 1 saturated heterocycles. The first-order valence-corrected chi connectivity index (χ1v) is 11.9. The van der Waals surface area contributed by atoms with Crippen molar-refractivity contribution in [3.05, 3.63) is 29.6 Å². The monoisotopic (exact) mass is 462 g/mol. The highest BCUT2D eigenvalue weighted by Gasteiger charge is 2.59. The van der Waals surface area contributed by atoms with E-state index in [1.54, 1.807) is 0 Å². The lowest BCUT2D eigenvalue weighted by molar-refractivity contribution is -0.137. The van der Waals surface area contributed by atoms with Gasteiger partial charge in [-0.1, -0.05) is 0 Å². The van der Waals surface area contributed by atoms with Crippen molar-refractivity contribution in [1.82, 2.24) is 24.6 Å². The number of anilines is 1. The Labute approximate surface area is 192 Å². The first-order valence-electron chi connectivity index (χ1n) is 11.9. The van der Waals surface area contributed by atoms with Crippen LogP contribution in [0.3, 0.4) is 0 Å². The maximum atomic E-state index is 13.3. The molecule has 33 heavy (non-hydrogen) atoms. The van der Waals surface area contributed by atoms with Crippen molar-refractivity contribution in [2.75, 3.05) is 32.4 Å². The van der Waals surface area contributed by atoms with Gasteiger partial charge in [0.2, 0.25) is 0 Å². The van der Waals surface area contributed by atoms with Gasteiger partial charge < -0.3 is 10.6 Å². The standard InChI is InChI=1S/C24H33F3N6/c1-13(2)33-21(10-20(30-33)15-7-19(24(25,26)27)23(28)29-11-15)22-17-8-16(9-18(17)22)32-6-5-31(4)12-14(32)3/h7,10-11,13-14,16-18,22H,5-6,8-9,12H2,1-4H3,(H2,28,29)/t14-,16-,17+,18-,22?/m0/s1. The van der Waals surface area contributed by atoms with Gasteiger partial charge in [-0.2, -0.15) is 18.3 Å². The van der Waals surface area contributed by atoms with Crippen LogP contribution >= 0.6 is 0 Å². The van der Waals surface area contributed by atoms with Crippen molar-refractivity contribution in [2.45, 2.75) is 63.8 Å². The summed E-state index contributed by atoms with van der Waals surface area (Å²) in [7, 11) is 2.19. The van der Waals surface area contributed by atoms with E-state index in [4.69, 9.17) is 10.8 Å². The predicted molar refractivity (Wildman–Crippen MR) is 122 cm³/mol. The smallest absolute Gasteiger partial charge is 0.383 e. The van der Waals surface area contributed by atoms with Crippen LogP contribution in [0.5, 0.6) is 0 Å². The average molecular weight is 463 g/mol. The van der Waals surface area contributed by atoms with E-state index in [2.05, 4.69) is 42.6 Å². The van der Waals surface area contributed by atoms with Gasteiger partial charge in [-0.05, 0) is 64.6 Å². The summed E-state index contributed by atoms with van der Waals surface area (Å²) in [4.78, 5) is 8.89. The molecule has 3 fully saturated rings. The summed E-state index contributed by atoms with van der Waals surface area (Å²) in [6.07, 6.45) is -0.757. The molecule has 3 aliphatic rings. The molecule has 2 aliphatic carbocycles. The van der Waals surface area contributed by atoms with Crippen LogP contribution in [0.4, 0.5) is 19.0 Å². The number of nitrogens with two attached hydrogens (primary N) is 1. The van der Waals surface area contributed by atoms with Gasteiger partial charge in [0.25, 0.3) is 0 Å². The third-order valence-electron chi connectivity index (χ3n) is 7.89. The third kappa shape index (κ3) is 4.03. The lowest BCUT2D eigenvalue weighted by atomic mass is 10.00. The van der Waals surface area contributed by atoms with Gasteiger partial charge in [-0.15, -0.1) is 0 Å². The molecule has 2 aromatic rings. The van der Waals surface area contributed by atoms with Crippen molar-refractivity contribution in [3.8, 4) is 11.3 Å². The number of likely N-dealkylation sites (N-methyl/N-ethyl adjacent to an activating group) is 1. The first-order chi connectivity index (χ1) is 15.5. The fraction of sp³-hybridized carbons (Fsp3) is 0.667. The minimum absolute atomic E-state index is 0.132. The zero-order chi connectivity index (χ0) is 23.7. The molecular formula is C24H33F3N6. The van der Waals surface area contributed by atoms with E-state index in [1.165, 1.54) is 19.0 Å². The number of fused-ring (bicyclic) bond motifs is 1. The topological polar surface area (TPSA) is 63.2 Å². The lowest BCUT2D eigenvalue weighted by Crippen LogP contribution is -2.54. The van der Waals surface area contributed by atoms with Crippen molar-refractivity contribution in [2.24, 2.45) is 11.8 Å². The number of nitrogen functional groups attached to an aromatic ring is 1. The molecule has 180 valence electrons. The molecule has 6 nitrogen and oxygen atoms in total. The van der Waals surface area contributed by atoms with Gasteiger partial charge in [0, 0.05) is 61.1 Å². The number of halogens is 3. The van der Waals surface area contributed by atoms with E-state index in [1.807, 2.05) is 10.7 Å². The second kappa shape index (κ2) is 7.98. The molecule has 2 N–H and O–H groups in total. The molecule has 5 atom stereocenters. The second-order valence-electron chi connectivity index (χ2n) is 10.5. The van der Waals surface area contributed by atoms with Gasteiger partial charge in [0.1, 0.15) is 5.82 Å². The van der Waals surface area contributed by atoms with Gasteiger partial charge in [0.15, 0.2) is 0 Å². The van der Waals surface area contributed by atoms with E-state index >= 15 is 0 Å². The third-order valence-corrected chi connectivity index (χ3v) is 7.89. The van der Waals surface area contributed by atoms with Crippen LogP contribution in [-0.4, -0.2) is 63.3 Å². The highest BCUT2D eigenvalue weighted by Crippen LogP contribution is 2.64. The summed E-state index contributed by atoms with van der Waals surface area (Å²) < 4.78 is 42.0. The maximum absolute atomic E-state index is 13.3. The Morgan fingerprint density at radius 2 is 1.82 bits per heavy atom. The Kier molecular flexibility index (Phi) is 5.47. The van der Waals surface area contributed by atoms with Crippen molar-refractivity contribution in [1.29, 1.82) is 0 Å². The SMILES string of the molecule is CC(C)n1nc(-c2cnc(N)c(C(F)(F)F)c2)cc1C1[C@H]2C[C@@H](N3CCN(C)C[C@@H]3C)C[C@@H]12. The van der Waals surface area contributed by atoms with Gasteiger partial charge in [0.05, 0.1) is 11.3 Å². The fourth-order valence-electron chi connectivity index (χ4n) is 6.27. The first kappa shape index (κ1) is 22.7. The molecule has 1 unspecified atom stereocenters. The van der Waals surface area contributed by atoms with E-state index in [-0.39, 0.29) is 6.04 Å². The zero-order valence-electron chi connectivity index (χ0n) is 19.7. The summed E-state index contributed by atoms with van der Waals surface area (Å²) in [6.45, 7) is 9.83. The molecule has 0 aromatic carbocycles. The van der Waals surface area contributed by atoms with Crippen LogP contribution in [0.2, 0.25) is 0 Å². The highest BCUT2D eigenvalue weighted by atomic mass is 19.4. The summed E-state index contributed by atoms with van der Waals surface area (Å²) in [5, 5.41) is 4.70. The zero-order valence-corrected chi connectivity index (χ0v) is 19.7. The van der Waals surface area contributed by atoms with E-state index < -0.39 is 17.6 Å². The number of piperazine rings is 1. The van der Waals surface area contributed by atoms with Gasteiger partial charge in [-0.25, -0.2) is 4.98 Å². The van der Waals surface area contributed by atoms with Crippen molar-refractivity contribution in [3.63, 3.8) is 0 Å². The number of hydrogen-bond acceptors (Lipinski definition) is 5. The minimum Gasteiger partial charge on any atom is -0.383 e. The van der Waals surface area contributed by atoms with Gasteiger partial charge in [-0.3, -0.25) is 9.58 Å². The molecule has 0 radical (unpaired) electrons. The van der Waals surface area contributed by atoms with Crippen LogP contribution in [-0.2, 0) is 6.18 Å². The number of pyridine rings is 1. The summed E-state index contributed by atoms with van der Waals surface area (Å²) in [6, 6.07) is 4.40. The average Bonchev–Trinajstić information content (AvgIpc) is 3.07. The van der Waals surface area contributed by atoms with E-state index in [0.717, 1.165) is 31.4 Å². The number of alkyl halides is 3. The van der Waals surface area contributed by atoms with E-state index in [0.29, 0.717) is 41.1 Å². The Hall–Kier alpha value is -2.13. The van der Waals surface area contributed by atoms with Crippen molar-refractivity contribution < 1.29 is 13.2 Å². The summed E-state index contributed by atoms with van der Waals surface area (Å²) in [5.41, 5.74) is 6.61. The largest absolute Gasteiger partial charge is 0.419 e. The fourth-order valence-corrected chi connectivity index (χ4v) is 6.27. The number of aromatic nitrogens is 3. The maximum Gasteiger partial charge on any atom is 0.419 e. The van der Waals surface area contributed by atoms with Gasteiger partial charge >= 0.3 is 6.18 Å². The summed E-state index contributed by atoms with van der Waals surface area (Å²) >= 11 is 0. The molecule has 2 aromatic heterocycles. The van der Waals surface area contributed by atoms with E-state index in [9.17, 15) is 13.2 Å². The Morgan fingerprint density at radius 3 is 2.42 bits per heavy atom. The highest BCUT2D eigenvalue weighted by molar-refractivity contribution is 5.63. The van der Waals surface area contributed by atoms with Crippen LogP contribution in [0, 0.1) is 11.8 Å². The molecule has 0 amide bonds. The number of rotatable bonds is 4. The summed E-state index contributed by atoms with van der Waals surface area (Å²) in [5.74, 6) is 1.21. The number of nitrogens with zero attached hydrogens (tertiary/aromatic N) is 5. The molecule has 2 saturated carbocycles. The lowest BCUT2D eigenvalue weighted by Gasteiger charge is -2.42. The Bertz CT molecular complexity index is 1020. The molecule has 9 heteroatoms. The molecule has 1 aliphatic heterocycles. The molecule has 3 heterocycles. The normalized spacial score (nSPS) is 30.7. The molecule has 0 spiro atoms. The van der Waals surface area contributed by atoms with Crippen LogP contribution < -0.4 is 5.73 Å². The molecular weight excluding hydrogens is 429 g/mol. The predicted octanol–water partition coefficient (Wildman–Crippen LogP) is 4.25. The molecule has 5 rings (SSSR count). The van der Waals surface area contributed by atoms with Crippen LogP contribution in [0.25, 0.3) is 11.3 Å². The molecule has 0 bridgehead atoms. The quantitative estimate of drug-likeness (QED) is 0.736. The number of hydrogen-bond donors (Lipinski definition) is 1. The minimum atomic E-state index is -4.54. The van der Waals surface area contributed by atoms with Crippen molar-refractivity contribution >= 4 is 5.82 Å². The Morgan fingerprint density at radius 1 is 1.12 bits per heavy atom. The second-order valence-corrected chi connectivity index (χ2v) is 10.5.